The zero-order valence-electron chi connectivity index (χ0n) is 20.2. The van der Waals surface area contributed by atoms with Crippen LogP contribution in [0.4, 0.5) is 36.4 Å². The highest BCUT2D eigenvalue weighted by atomic mass is 19.2. The van der Waals surface area contributed by atoms with E-state index in [1.165, 1.54) is 24.3 Å². The standard InChI is InChI=1S/C26H14F7N3O4/c1-39-25(37)14-11(9-6-4-3-5-7-9)10(8-34)24(35)36(22(14)26(38)40-2)23-18(30)13-12(17(29)21(23)33)15(27)19(31)20(32)16(13)28/h3-7,11H,35H2,1-2H3. The van der Waals surface area contributed by atoms with Gasteiger partial charge in [0.15, 0.2) is 40.7 Å². The fourth-order valence-electron chi connectivity index (χ4n) is 4.41. The Balaban J connectivity index is 2.24. The number of nitrogens with two attached hydrogens (primary N) is 1. The number of allylic oxidation sites excluding steroid dienone is 1. The average Bonchev–Trinajstić information content (AvgIpc) is 2.96. The van der Waals surface area contributed by atoms with E-state index in [1.54, 1.807) is 12.1 Å². The average molecular weight is 565 g/mol. The number of esters is 2. The molecule has 0 saturated heterocycles. The Labute approximate surface area is 220 Å². The molecule has 0 fully saturated rings. The van der Waals surface area contributed by atoms with Gasteiger partial charge in [-0.05, 0) is 5.56 Å². The normalized spacial score (nSPS) is 15.4. The molecule has 206 valence electrons. The van der Waals surface area contributed by atoms with Crippen LogP contribution in [0.3, 0.4) is 0 Å². The number of methoxy groups -OCH3 is 2. The number of ether oxygens (including phenoxy) is 2. The van der Waals surface area contributed by atoms with Crippen molar-refractivity contribution in [3.63, 3.8) is 0 Å². The van der Waals surface area contributed by atoms with Gasteiger partial charge in [-0.3, -0.25) is 4.90 Å². The number of fused-ring (bicyclic) bond motifs is 1. The van der Waals surface area contributed by atoms with Gasteiger partial charge >= 0.3 is 11.9 Å². The third-order valence-corrected chi connectivity index (χ3v) is 6.15. The molecule has 1 aliphatic heterocycles. The number of halogens is 7. The smallest absolute Gasteiger partial charge is 0.355 e. The summed E-state index contributed by atoms with van der Waals surface area (Å²) in [6, 6.07) is 9.02. The summed E-state index contributed by atoms with van der Waals surface area (Å²) in [5.74, 6) is -22.3. The maximum absolute atomic E-state index is 15.8. The molecule has 0 bridgehead atoms. The third kappa shape index (κ3) is 3.89. The molecule has 0 aliphatic carbocycles. The Morgan fingerprint density at radius 1 is 0.800 bits per heavy atom. The van der Waals surface area contributed by atoms with Crippen LogP contribution < -0.4 is 10.6 Å². The molecule has 0 spiro atoms. The number of anilines is 1. The lowest BCUT2D eigenvalue weighted by Gasteiger charge is -2.36. The van der Waals surface area contributed by atoms with E-state index in [0.717, 1.165) is 14.2 Å². The first kappa shape index (κ1) is 28.0. The summed E-state index contributed by atoms with van der Waals surface area (Å²) in [4.78, 5) is 26.1. The van der Waals surface area contributed by atoms with E-state index in [-0.39, 0.29) is 10.5 Å². The summed E-state index contributed by atoms with van der Waals surface area (Å²) in [5, 5.41) is 6.15. The summed E-state index contributed by atoms with van der Waals surface area (Å²) < 4.78 is 113. The predicted octanol–water partition coefficient (Wildman–Crippen LogP) is 4.71. The highest BCUT2D eigenvalue weighted by Crippen LogP contribution is 2.46. The monoisotopic (exact) mass is 565 g/mol. The van der Waals surface area contributed by atoms with Crippen molar-refractivity contribution in [3.05, 3.63) is 99.3 Å². The van der Waals surface area contributed by atoms with Gasteiger partial charge in [0.25, 0.3) is 0 Å². The number of nitriles is 1. The van der Waals surface area contributed by atoms with E-state index < -0.39 is 97.7 Å². The second-order valence-electron chi connectivity index (χ2n) is 8.13. The van der Waals surface area contributed by atoms with Crippen molar-refractivity contribution in [1.82, 2.24) is 0 Å². The number of benzene rings is 3. The van der Waals surface area contributed by atoms with Gasteiger partial charge in [0.2, 0.25) is 0 Å². The van der Waals surface area contributed by atoms with Gasteiger partial charge in [-0.2, -0.15) is 5.26 Å². The first-order chi connectivity index (χ1) is 18.9. The van der Waals surface area contributed by atoms with Gasteiger partial charge in [0.1, 0.15) is 17.2 Å². The molecule has 3 aromatic rings. The minimum absolute atomic E-state index is 0.0296. The van der Waals surface area contributed by atoms with Crippen molar-refractivity contribution in [2.24, 2.45) is 5.73 Å². The van der Waals surface area contributed by atoms with Gasteiger partial charge in [-0.15, -0.1) is 0 Å². The number of carbonyl (C=O) groups is 2. The Morgan fingerprint density at radius 2 is 1.30 bits per heavy atom. The molecule has 14 heteroatoms. The summed E-state index contributed by atoms with van der Waals surface area (Å²) in [6.45, 7) is 0. The van der Waals surface area contributed by atoms with E-state index in [4.69, 9.17) is 10.5 Å². The molecule has 7 nitrogen and oxygen atoms in total. The molecule has 2 N–H and O–H groups in total. The van der Waals surface area contributed by atoms with E-state index in [9.17, 15) is 32.4 Å². The second kappa shape index (κ2) is 10.3. The summed E-state index contributed by atoms with van der Waals surface area (Å²) in [7, 11) is 1.66. The minimum Gasteiger partial charge on any atom is -0.466 e. The lowest BCUT2D eigenvalue weighted by atomic mass is 9.81. The minimum atomic E-state index is -2.55. The van der Waals surface area contributed by atoms with Gasteiger partial charge in [0, 0.05) is 0 Å². The summed E-state index contributed by atoms with van der Waals surface area (Å²) >= 11 is 0. The predicted molar refractivity (Wildman–Crippen MR) is 123 cm³/mol. The SMILES string of the molecule is COC(=O)C1=C(C(=O)OC)N(c2c(F)c(F)c3c(F)c(F)c(F)c(F)c3c2F)C(N)=C(C#N)C1c1ccccc1. The molecule has 3 aromatic carbocycles. The quantitative estimate of drug-likeness (QED) is 0.211. The number of carbonyl (C=O) groups excluding carboxylic acids is 2. The van der Waals surface area contributed by atoms with Crippen LogP contribution in [0.25, 0.3) is 10.8 Å². The van der Waals surface area contributed by atoms with Crippen molar-refractivity contribution in [1.29, 1.82) is 5.26 Å². The number of rotatable bonds is 4. The Kier molecular flexibility index (Phi) is 7.17. The molecule has 40 heavy (non-hydrogen) atoms. The van der Waals surface area contributed by atoms with Crippen LogP contribution in [0, 0.1) is 52.1 Å². The van der Waals surface area contributed by atoms with E-state index in [0.29, 0.717) is 0 Å². The highest BCUT2D eigenvalue weighted by molar-refractivity contribution is 6.07. The van der Waals surface area contributed by atoms with Crippen molar-refractivity contribution in [2.75, 3.05) is 19.1 Å². The van der Waals surface area contributed by atoms with Gasteiger partial charge in [-0.1, -0.05) is 30.3 Å². The molecular weight excluding hydrogens is 551 g/mol. The molecule has 0 amide bonds. The van der Waals surface area contributed by atoms with Gasteiger partial charge in [0.05, 0.1) is 48.1 Å². The Hall–Kier alpha value is -5.06. The lowest BCUT2D eigenvalue weighted by Crippen LogP contribution is -2.41. The van der Waals surface area contributed by atoms with E-state index in [1.807, 2.05) is 0 Å². The van der Waals surface area contributed by atoms with Crippen LogP contribution in [-0.2, 0) is 19.1 Å². The van der Waals surface area contributed by atoms with Crippen LogP contribution >= 0.6 is 0 Å². The molecule has 1 atom stereocenters. The molecule has 0 aromatic heterocycles. The third-order valence-electron chi connectivity index (χ3n) is 6.15. The molecule has 0 saturated carbocycles. The molecule has 1 aliphatic rings. The molecule has 1 heterocycles. The number of nitrogens with zero attached hydrogens (tertiary/aromatic N) is 2. The van der Waals surface area contributed by atoms with Gasteiger partial charge in [-0.25, -0.2) is 40.3 Å². The summed E-state index contributed by atoms with van der Waals surface area (Å²) in [5.41, 5.74) is 1.99. The fourth-order valence-corrected chi connectivity index (χ4v) is 4.41. The topological polar surface area (TPSA) is 106 Å². The Morgan fingerprint density at radius 3 is 1.80 bits per heavy atom. The number of hydrogen-bond donors (Lipinski definition) is 1. The van der Waals surface area contributed by atoms with Crippen molar-refractivity contribution in [2.45, 2.75) is 5.92 Å². The molecule has 4 rings (SSSR count). The van der Waals surface area contributed by atoms with E-state index >= 15 is 13.2 Å². The summed E-state index contributed by atoms with van der Waals surface area (Å²) in [6.07, 6.45) is 0. The number of hydrogen-bond acceptors (Lipinski definition) is 7. The zero-order valence-corrected chi connectivity index (χ0v) is 20.2. The maximum atomic E-state index is 15.8. The van der Waals surface area contributed by atoms with Crippen LogP contribution in [0.5, 0.6) is 0 Å². The van der Waals surface area contributed by atoms with Crippen molar-refractivity contribution < 1.29 is 49.8 Å². The second-order valence-corrected chi connectivity index (χ2v) is 8.13. The van der Waals surface area contributed by atoms with Crippen LogP contribution in [0.1, 0.15) is 11.5 Å². The van der Waals surface area contributed by atoms with Crippen LogP contribution in [0.15, 0.2) is 53.0 Å². The molecular formula is C26H14F7N3O4. The first-order valence-corrected chi connectivity index (χ1v) is 10.9. The molecule has 0 radical (unpaired) electrons. The first-order valence-electron chi connectivity index (χ1n) is 10.9. The largest absolute Gasteiger partial charge is 0.466 e. The van der Waals surface area contributed by atoms with Crippen LogP contribution in [0.2, 0.25) is 0 Å². The van der Waals surface area contributed by atoms with Gasteiger partial charge < -0.3 is 15.2 Å². The zero-order chi connectivity index (χ0) is 29.6. The highest BCUT2D eigenvalue weighted by Gasteiger charge is 2.45. The molecule has 1 unspecified atom stereocenters. The fraction of sp³-hybridized carbons (Fsp3) is 0.115. The lowest BCUT2D eigenvalue weighted by molar-refractivity contribution is -0.139. The van der Waals surface area contributed by atoms with Crippen molar-refractivity contribution in [3.8, 4) is 6.07 Å². The van der Waals surface area contributed by atoms with Crippen LogP contribution in [-0.4, -0.2) is 26.2 Å². The Bertz CT molecular complexity index is 1720. The van der Waals surface area contributed by atoms with E-state index in [2.05, 4.69) is 4.74 Å². The maximum Gasteiger partial charge on any atom is 0.355 e. The van der Waals surface area contributed by atoms with Crippen molar-refractivity contribution >= 4 is 28.4 Å².